The quantitative estimate of drug-likeness (QED) is 0.724. The molecule has 0 spiro atoms. The second-order valence-electron chi connectivity index (χ2n) is 4.01. The number of anilines is 1. The Hall–Kier alpha value is -0.830. The lowest BCUT2D eigenvalue weighted by atomic mass is 10.0. The van der Waals surface area contributed by atoms with Crippen LogP contribution in [0.1, 0.15) is 25.0 Å². The molecule has 15 heavy (non-hydrogen) atoms. The lowest BCUT2D eigenvalue weighted by Crippen LogP contribution is -2.41. The van der Waals surface area contributed by atoms with Gasteiger partial charge in [0.15, 0.2) is 0 Å². The first-order valence-electron chi connectivity index (χ1n) is 5.42. The van der Waals surface area contributed by atoms with Gasteiger partial charge in [0.1, 0.15) is 12.1 Å². The number of nitrogens with zero attached hydrogens (tertiary/aromatic N) is 3. The second-order valence-corrected chi connectivity index (χ2v) is 4.32. The predicted octanol–water partition coefficient (Wildman–Crippen LogP) is 2.38. The van der Waals surface area contributed by atoms with E-state index in [-0.39, 0.29) is 0 Å². The molecular formula is C11H16ClN3. The summed E-state index contributed by atoms with van der Waals surface area (Å²) in [7, 11) is 0. The molecule has 0 bridgehead atoms. The summed E-state index contributed by atoms with van der Waals surface area (Å²) in [5.41, 5.74) is 1.01. The van der Waals surface area contributed by atoms with Crippen LogP contribution in [0, 0.1) is 6.92 Å². The van der Waals surface area contributed by atoms with Crippen molar-refractivity contribution in [1.82, 2.24) is 9.97 Å². The Balaban J connectivity index is 2.20. The van der Waals surface area contributed by atoms with Crippen molar-refractivity contribution in [2.24, 2.45) is 0 Å². The molecular weight excluding hydrogens is 210 g/mol. The highest BCUT2D eigenvalue weighted by Crippen LogP contribution is 2.23. The highest BCUT2D eigenvalue weighted by atomic mass is 35.5. The molecule has 1 aromatic heterocycles. The van der Waals surface area contributed by atoms with Gasteiger partial charge in [-0.2, -0.15) is 0 Å². The molecule has 1 unspecified atom stereocenters. The maximum Gasteiger partial charge on any atom is 0.132 e. The SMILES string of the molecule is Cc1cc(N2CCCCC2CCl)ncn1. The Morgan fingerprint density at radius 1 is 1.47 bits per heavy atom. The van der Waals surface area contributed by atoms with E-state index in [0.29, 0.717) is 11.9 Å². The summed E-state index contributed by atoms with van der Waals surface area (Å²) in [5, 5.41) is 0. The summed E-state index contributed by atoms with van der Waals surface area (Å²) in [5.74, 6) is 1.70. The monoisotopic (exact) mass is 225 g/mol. The zero-order chi connectivity index (χ0) is 10.7. The van der Waals surface area contributed by atoms with Crippen LogP contribution in [0.3, 0.4) is 0 Å². The van der Waals surface area contributed by atoms with Crippen molar-refractivity contribution in [3.63, 3.8) is 0 Å². The topological polar surface area (TPSA) is 29.0 Å². The van der Waals surface area contributed by atoms with Crippen LogP contribution in [-0.2, 0) is 0 Å². The fourth-order valence-electron chi connectivity index (χ4n) is 2.06. The Bertz CT molecular complexity index is 329. The first kappa shape index (κ1) is 10.7. The average molecular weight is 226 g/mol. The third-order valence-electron chi connectivity index (χ3n) is 2.89. The van der Waals surface area contributed by atoms with Crippen molar-refractivity contribution in [3.05, 3.63) is 18.1 Å². The summed E-state index contributed by atoms with van der Waals surface area (Å²) in [6, 6.07) is 2.47. The van der Waals surface area contributed by atoms with Gasteiger partial charge >= 0.3 is 0 Å². The number of hydrogen-bond acceptors (Lipinski definition) is 3. The number of aromatic nitrogens is 2. The van der Waals surface area contributed by atoms with Gasteiger partial charge in [0, 0.05) is 30.2 Å². The largest absolute Gasteiger partial charge is 0.352 e. The van der Waals surface area contributed by atoms with Gasteiger partial charge in [0.2, 0.25) is 0 Å². The third kappa shape index (κ3) is 2.40. The van der Waals surface area contributed by atoms with Gasteiger partial charge in [0.25, 0.3) is 0 Å². The maximum absolute atomic E-state index is 5.98. The van der Waals surface area contributed by atoms with E-state index in [1.165, 1.54) is 19.3 Å². The Morgan fingerprint density at radius 3 is 3.07 bits per heavy atom. The lowest BCUT2D eigenvalue weighted by molar-refractivity contribution is 0.484. The van der Waals surface area contributed by atoms with Gasteiger partial charge < -0.3 is 4.90 Å². The maximum atomic E-state index is 5.98. The summed E-state index contributed by atoms with van der Waals surface area (Å²) in [4.78, 5) is 10.7. The van der Waals surface area contributed by atoms with Crippen molar-refractivity contribution < 1.29 is 0 Å². The Kier molecular flexibility index (Phi) is 3.41. The first-order valence-corrected chi connectivity index (χ1v) is 5.96. The molecule has 1 aliphatic heterocycles. The van der Waals surface area contributed by atoms with Crippen LogP contribution in [0.5, 0.6) is 0 Å². The highest BCUT2D eigenvalue weighted by Gasteiger charge is 2.22. The fraction of sp³-hybridized carbons (Fsp3) is 0.636. The number of alkyl halides is 1. The minimum atomic E-state index is 0.440. The zero-order valence-corrected chi connectivity index (χ0v) is 9.74. The fourth-order valence-corrected chi connectivity index (χ4v) is 2.38. The molecule has 2 heterocycles. The van der Waals surface area contributed by atoms with E-state index < -0.39 is 0 Å². The Morgan fingerprint density at radius 2 is 2.33 bits per heavy atom. The average Bonchev–Trinajstić information content (AvgIpc) is 2.29. The number of aryl methyl sites for hydroxylation is 1. The van der Waals surface area contributed by atoms with E-state index in [0.717, 1.165) is 18.1 Å². The van der Waals surface area contributed by atoms with Crippen LogP contribution in [0.25, 0.3) is 0 Å². The van der Waals surface area contributed by atoms with Crippen LogP contribution in [0.4, 0.5) is 5.82 Å². The van der Waals surface area contributed by atoms with E-state index in [9.17, 15) is 0 Å². The molecule has 1 aromatic rings. The van der Waals surface area contributed by atoms with Crippen molar-refractivity contribution in [2.45, 2.75) is 32.2 Å². The van der Waals surface area contributed by atoms with Gasteiger partial charge in [-0.15, -0.1) is 11.6 Å². The summed E-state index contributed by atoms with van der Waals surface area (Å²) >= 11 is 5.98. The number of rotatable bonds is 2. The standard InChI is InChI=1S/C11H16ClN3/c1-9-6-11(14-8-13-9)15-5-3-2-4-10(15)7-12/h6,8,10H,2-5,7H2,1H3. The normalized spacial score (nSPS) is 21.7. The third-order valence-corrected chi connectivity index (χ3v) is 3.25. The highest BCUT2D eigenvalue weighted by molar-refractivity contribution is 6.18. The minimum absolute atomic E-state index is 0.440. The van der Waals surface area contributed by atoms with Crippen molar-refractivity contribution in [3.8, 4) is 0 Å². The van der Waals surface area contributed by atoms with Gasteiger partial charge in [-0.1, -0.05) is 0 Å². The molecule has 0 aliphatic carbocycles. The lowest BCUT2D eigenvalue weighted by Gasteiger charge is -2.35. The van der Waals surface area contributed by atoms with Crippen molar-refractivity contribution in [1.29, 1.82) is 0 Å². The molecule has 2 rings (SSSR count). The molecule has 0 radical (unpaired) electrons. The molecule has 1 aliphatic rings. The summed E-state index contributed by atoms with van der Waals surface area (Å²) in [6.45, 7) is 3.05. The molecule has 0 aromatic carbocycles. The summed E-state index contributed by atoms with van der Waals surface area (Å²) in [6.07, 6.45) is 5.31. The van der Waals surface area contributed by atoms with Gasteiger partial charge in [-0.25, -0.2) is 9.97 Å². The molecule has 1 saturated heterocycles. The molecule has 3 nitrogen and oxygen atoms in total. The van der Waals surface area contributed by atoms with Gasteiger partial charge in [-0.05, 0) is 26.2 Å². The van der Waals surface area contributed by atoms with Crippen LogP contribution >= 0.6 is 11.6 Å². The first-order chi connectivity index (χ1) is 7.31. The van der Waals surface area contributed by atoms with E-state index in [1.54, 1.807) is 6.33 Å². The molecule has 0 N–H and O–H groups in total. The van der Waals surface area contributed by atoms with Crippen LogP contribution in [0.15, 0.2) is 12.4 Å². The molecule has 0 amide bonds. The molecule has 4 heteroatoms. The van der Waals surface area contributed by atoms with Crippen molar-refractivity contribution >= 4 is 17.4 Å². The Labute approximate surface area is 95.5 Å². The van der Waals surface area contributed by atoms with Crippen LogP contribution in [0.2, 0.25) is 0 Å². The smallest absolute Gasteiger partial charge is 0.132 e. The summed E-state index contributed by atoms with van der Waals surface area (Å²) < 4.78 is 0. The van der Waals surface area contributed by atoms with E-state index in [1.807, 2.05) is 13.0 Å². The molecule has 1 atom stereocenters. The number of piperidine rings is 1. The number of halogens is 1. The molecule has 0 saturated carbocycles. The molecule has 1 fully saturated rings. The second kappa shape index (κ2) is 4.79. The predicted molar refractivity (Wildman–Crippen MR) is 62.5 cm³/mol. The van der Waals surface area contributed by atoms with Gasteiger partial charge in [0.05, 0.1) is 0 Å². The van der Waals surface area contributed by atoms with E-state index in [2.05, 4.69) is 14.9 Å². The zero-order valence-electron chi connectivity index (χ0n) is 8.99. The van der Waals surface area contributed by atoms with Gasteiger partial charge in [-0.3, -0.25) is 0 Å². The van der Waals surface area contributed by atoms with Crippen LogP contribution < -0.4 is 4.90 Å². The van der Waals surface area contributed by atoms with E-state index in [4.69, 9.17) is 11.6 Å². The van der Waals surface area contributed by atoms with E-state index >= 15 is 0 Å². The minimum Gasteiger partial charge on any atom is -0.352 e. The van der Waals surface area contributed by atoms with Crippen molar-refractivity contribution in [2.75, 3.05) is 17.3 Å². The molecule has 82 valence electrons. The number of hydrogen-bond donors (Lipinski definition) is 0. The van der Waals surface area contributed by atoms with Crippen LogP contribution in [-0.4, -0.2) is 28.4 Å².